The van der Waals surface area contributed by atoms with Crippen LogP contribution in [0.15, 0.2) is 40.9 Å². The minimum absolute atomic E-state index is 0.0884. The van der Waals surface area contributed by atoms with E-state index in [1.165, 1.54) is 12.1 Å². The van der Waals surface area contributed by atoms with E-state index in [4.69, 9.17) is 4.74 Å². The molecule has 2 rings (SSSR count). The molecule has 0 aliphatic heterocycles. The summed E-state index contributed by atoms with van der Waals surface area (Å²) in [5.41, 5.74) is 1.34. The van der Waals surface area contributed by atoms with Crippen LogP contribution in [0.2, 0.25) is 0 Å². The number of carbonyl (C=O) groups excluding carboxylic acids is 2. The van der Waals surface area contributed by atoms with E-state index in [1.54, 1.807) is 24.3 Å². The number of hydrogen-bond acceptors (Lipinski definition) is 4. The number of rotatable bonds is 6. The Bertz CT molecular complexity index is 781. The molecule has 0 fully saturated rings. The first-order valence-electron chi connectivity index (χ1n) is 7.60. The third kappa shape index (κ3) is 4.45. The average molecular weight is 391 g/mol. The predicted molar refractivity (Wildman–Crippen MR) is 96.0 cm³/mol. The van der Waals surface area contributed by atoms with Crippen LogP contribution >= 0.6 is 15.9 Å². The lowest BCUT2D eigenvalue weighted by Crippen LogP contribution is -2.13. The van der Waals surface area contributed by atoms with Gasteiger partial charge in [-0.05, 0) is 56.7 Å². The number of halogens is 1. The average Bonchev–Trinajstić information content (AvgIpc) is 2.48. The van der Waals surface area contributed by atoms with Crippen molar-refractivity contribution >= 4 is 27.5 Å². The van der Waals surface area contributed by atoms with Crippen molar-refractivity contribution in [2.24, 2.45) is 0 Å². The van der Waals surface area contributed by atoms with Crippen LogP contribution in [0.1, 0.15) is 46.5 Å². The summed E-state index contributed by atoms with van der Waals surface area (Å²) >= 11 is 3.33. The summed E-state index contributed by atoms with van der Waals surface area (Å²) in [6.07, 6.45) is -0.420. The van der Waals surface area contributed by atoms with E-state index in [1.807, 2.05) is 20.8 Å². The van der Waals surface area contributed by atoms with Crippen molar-refractivity contribution in [3.8, 4) is 11.5 Å². The highest BCUT2D eigenvalue weighted by atomic mass is 79.9. The van der Waals surface area contributed by atoms with E-state index in [0.29, 0.717) is 11.3 Å². The van der Waals surface area contributed by atoms with Crippen LogP contribution in [0.5, 0.6) is 11.5 Å². The van der Waals surface area contributed by atoms with E-state index < -0.39 is 5.78 Å². The largest absolute Gasteiger partial charge is 0.507 e. The van der Waals surface area contributed by atoms with Gasteiger partial charge in [0, 0.05) is 4.47 Å². The molecule has 0 atom stereocenters. The monoisotopic (exact) mass is 390 g/mol. The first-order valence-corrected chi connectivity index (χ1v) is 8.39. The van der Waals surface area contributed by atoms with Crippen LogP contribution in [0.25, 0.3) is 0 Å². The van der Waals surface area contributed by atoms with Crippen LogP contribution in [0.4, 0.5) is 0 Å². The zero-order valence-corrected chi connectivity index (χ0v) is 15.4. The minimum atomic E-state index is -0.423. The number of phenols is 1. The van der Waals surface area contributed by atoms with Gasteiger partial charge in [-0.1, -0.05) is 22.0 Å². The van der Waals surface area contributed by atoms with E-state index in [0.717, 1.165) is 10.0 Å². The lowest BCUT2D eigenvalue weighted by molar-refractivity contribution is 0.0890. The second-order valence-corrected chi connectivity index (χ2v) is 6.77. The van der Waals surface area contributed by atoms with Crippen LogP contribution in [-0.2, 0) is 0 Å². The van der Waals surface area contributed by atoms with Gasteiger partial charge < -0.3 is 9.84 Å². The summed E-state index contributed by atoms with van der Waals surface area (Å²) in [5, 5.41) is 9.90. The molecule has 0 amide bonds. The van der Waals surface area contributed by atoms with Crippen molar-refractivity contribution in [1.29, 1.82) is 0 Å². The molecule has 0 spiro atoms. The van der Waals surface area contributed by atoms with Gasteiger partial charge in [-0.25, -0.2) is 0 Å². The number of aromatic hydroxyl groups is 1. The summed E-state index contributed by atoms with van der Waals surface area (Å²) in [4.78, 5) is 24.9. The van der Waals surface area contributed by atoms with Gasteiger partial charge >= 0.3 is 0 Å². The zero-order chi connectivity index (χ0) is 17.9. The Morgan fingerprint density at radius 1 is 1.08 bits per heavy atom. The van der Waals surface area contributed by atoms with Gasteiger partial charge in [0.05, 0.1) is 23.7 Å². The molecule has 2 aromatic carbocycles. The first-order chi connectivity index (χ1) is 11.3. The molecule has 126 valence electrons. The van der Waals surface area contributed by atoms with Crippen LogP contribution in [-0.4, -0.2) is 22.8 Å². The molecule has 2 aromatic rings. The lowest BCUT2D eigenvalue weighted by Gasteiger charge is -2.14. The number of carbonyl (C=O) groups is 2. The molecule has 0 saturated heterocycles. The minimum Gasteiger partial charge on any atom is -0.507 e. The van der Waals surface area contributed by atoms with Crippen molar-refractivity contribution < 1.29 is 19.4 Å². The van der Waals surface area contributed by atoms with Gasteiger partial charge in [0.15, 0.2) is 11.6 Å². The Balaban J connectivity index is 2.26. The second kappa shape index (κ2) is 7.62. The number of benzene rings is 2. The van der Waals surface area contributed by atoms with Crippen LogP contribution in [0.3, 0.4) is 0 Å². The van der Waals surface area contributed by atoms with Gasteiger partial charge in [-0.3, -0.25) is 9.59 Å². The smallest absolute Gasteiger partial charge is 0.174 e. The molecule has 24 heavy (non-hydrogen) atoms. The third-order valence-corrected chi connectivity index (χ3v) is 3.87. The molecule has 0 aromatic heterocycles. The van der Waals surface area contributed by atoms with Crippen molar-refractivity contribution in [3.05, 3.63) is 57.6 Å². The molecule has 4 nitrogen and oxygen atoms in total. The van der Waals surface area contributed by atoms with E-state index >= 15 is 0 Å². The Morgan fingerprint density at radius 3 is 2.38 bits per heavy atom. The van der Waals surface area contributed by atoms with E-state index in [-0.39, 0.29) is 29.6 Å². The van der Waals surface area contributed by atoms with Crippen LogP contribution < -0.4 is 4.74 Å². The normalized spacial score (nSPS) is 10.7. The Hall–Kier alpha value is -2.14. The van der Waals surface area contributed by atoms with Gasteiger partial charge in [0.2, 0.25) is 0 Å². The number of ketones is 2. The topological polar surface area (TPSA) is 63.6 Å². The number of Topliss-reactive ketones (excluding diaryl/α,β-unsaturated/α-hetero) is 2. The van der Waals surface area contributed by atoms with Crippen molar-refractivity contribution in [2.45, 2.75) is 33.3 Å². The van der Waals surface area contributed by atoms with E-state index in [9.17, 15) is 14.7 Å². The maximum absolute atomic E-state index is 12.6. The fourth-order valence-electron chi connectivity index (χ4n) is 2.29. The van der Waals surface area contributed by atoms with Crippen LogP contribution in [0, 0.1) is 6.92 Å². The molecule has 0 heterocycles. The SMILES string of the molecule is Cc1ccc(C(=O)CC(=O)c2cc(Br)ccc2OC(C)C)c(O)c1. The molecule has 0 saturated carbocycles. The van der Waals surface area contributed by atoms with Crippen molar-refractivity contribution in [3.63, 3.8) is 0 Å². The van der Waals surface area contributed by atoms with Gasteiger partial charge in [-0.15, -0.1) is 0 Å². The number of aryl methyl sites for hydroxylation is 1. The molecular weight excluding hydrogens is 372 g/mol. The first kappa shape index (κ1) is 18.2. The Morgan fingerprint density at radius 2 is 1.75 bits per heavy atom. The quantitative estimate of drug-likeness (QED) is 0.573. The van der Waals surface area contributed by atoms with Gasteiger partial charge in [0.1, 0.15) is 11.5 Å². The maximum atomic E-state index is 12.6. The number of phenolic OH excluding ortho intramolecular Hbond substituents is 1. The molecule has 0 radical (unpaired) electrons. The fourth-order valence-corrected chi connectivity index (χ4v) is 2.65. The van der Waals surface area contributed by atoms with E-state index in [2.05, 4.69) is 15.9 Å². The summed E-state index contributed by atoms with van der Waals surface area (Å²) < 4.78 is 6.38. The highest BCUT2D eigenvalue weighted by molar-refractivity contribution is 9.10. The summed E-state index contributed by atoms with van der Waals surface area (Å²) in [7, 11) is 0. The Kier molecular flexibility index (Phi) is 5.78. The predicted octanol–water partition coefficient (Wildman–Crippen LogP) is 4.71. The highest BCUT2D eigenvalue weighted by Gasteiger charge is 2.20. The summed E-state index contributed by atoms with van der Waals surface area (Å²) in [6, 6.07) is 9.89. The molecule has 0 aliphatic carbocycles. The standard InChI is InChI=1S/C19H19BrO4/c1-11(2)24-19-7-5-13(20)9-15(19)18(23)10-17(22)14-6-4-12(3)8-16(14)21/h4-9,11,21H,10H2,1-3H3. The molecule has 5 heteroatoms. The third-order valence-electron chi connectivity index (χ3n) is 3.38. The zero-order valence-electron chi connectivity index (χ0n) is 13.8. The second-order valence-electron chi connectivity index (χ2n) is 5.85. The molecular formula is C19H19BrO4. The Labute approximate surface area is 149 Å². The summed E-state index contributed by atoms with van der Waals surface area (Å²) in [5.74, 6) is -0.440. The van der Waals surface area contributed by atoms with Crippen molar-refractivity contribution in [2.75, 3.05) is 0 Å². The molecule has 0 unspecified atom stereocenters. The number of ether oxygens (including phenoxy) is 1. The van der Waals surface area contributed by atoms with Crippen molar-refractivity contribution in [1.82, 2.24) is 0 Å². The maximum Gasteiger partial charge on any atom is 0.174 e. The lowest BCUT2D eigenvalue weighted by atomic mass is 9.99. The number of hydrogen-bond donors (Lipinski definition) is 1. The molecule has 0 bridgehead atoms. The van der Waals surface area contributed by atoms with Gasteiger partial charge in [-0.2, -0.15) is 0 Å². The summed E-state index contributed by atoms with van der Waals surface area (Å²) in [6.45, 7) is 5.55. The fraction of sp³-hybridized carbons (Fsp3) is 0.263. The molecule has 1 N–H and O–H groups in total. The van der Waals surface area contributed by atoms with Gasteiger partial charge in [0.25, 0.3) is 0 Å². The molecule has 0 aliphatic rings. The highest BCUT2D eigenvalue weighted by Crippen LogP contribution is 2.27.